The summed E-state index contributed by atoms with van der Waals surface area (Å²) in [6, 6.07) is 8.22. The van der Waals surface area contributed by atoms with Crippen LogP contribution in [0.5, 0.6) is 0 Å². The zero-order chi connectivity index (χ0) is 12.0. The Balaban J connectivity index is 2.61. The standard InChI is InChI=1S/C13H19NO2/c1-4-11-7-5-6-8-12(11)14-10(2)9-13(15)16-3/h5-8,10,14H,4,9H2,1-3H3. The monoisotopic (exact) mass is 221 g/mol. The number of carbonyl (C=O) groups is 1. The summed E-state index contributed by atoms with van der Waals surface area (Å²) in [4.78, 5) is 11.1. The van der Waals surface area contributed by atoms with Gasteiger partial charge in [-0.2, -0.15) is 0 Å². The number of benzene rings is 1. The van der Waals surface area contributed by atoms with Gasteiger partial charge in [-0.1, -0.05) is 25.1 Å². The summed E-state index contributed by atoms with van der Waals surface area (Å²) in [5.41, 5.74) is 2.36. The molecule has 0 saturated heterocycles. The van der Waals surface area contributed by atoms with Gasteiger partial charge in [0.25, 0.3) is 0 Å². The Labute approximate surface area is 96.8 Å². The molecule has 0 aliphatic heterocycles. The summed E-state index contributed by atoms with van der Waals surface area (Å²) in [6.07, 6.45) is 1.36. The second-order valence-corrected chi connectivity index (χ2v) is 3.84. The van der Waals surface area contributed by atoms with E-state index in [1.54, 1.807) is 0 Å². The molecule has 3 heteroatoms. The maximum absolute atomic E-state index is 11.1. The number of methoxy groups -OCH3 is 1. The highest BCUT2D eigenvalue weighted by Gasteiger charge is 2.09. The van der Waals surface area contributed by atoms with Gasteiger partial charge in [-0.15, -0.1) is 0 Å². The molecule has 0 aliphatic carbocycles. The van der Waals surface area contributed by atoms with E-state index in [2.05, 4.69) is 23.0 Å². The van der Waals surface area contributed by atoms with Crippen LogP contribution < -0.4 is 5.32 Å². The molecule has 0 saturated carbocycles. The second kappa shape index (κ2) is 6.16. The fraction of sp³-hybridized carbons (Fsp3) is 0.462. The van der Waals surface area contributed by atoms with Crippen LogP contribution in [-0.4, -0.2) is 19.1 Å². The minimum absolute atomic E-state index is 0.0835. The van der Waals surface area contributed by atoms with E-state index in [1.807, 2.05) is 25.1 Å². The molecular formula is C13H19NO2. The lowest BCUT2D eigenvalue weighted by atomic mass is 10.1. The van der Waals surface area contributed by atoms with Crippen LogP contribution in [-0.2, 0) is 16.0 Å². The molecule has 0 fully saturated rings. The highest BCUT2D eigenvalue weighted by molar-refractivity contribution is 5.70. The van der Waals surface area contributed by atoms with Gasteiger partial charge in [0.2, 0.25) is 0 Å². The quantitative estimate of drug-likeness (QED) is 0.777. The Kier molecular flexibility index (Phi) is 4.83. The zero-order valence-electron chi connectivity index (χ0n) is 10.1. The molecule has 1 rings (SSSR count). The lowest BCUT2D eigenvalue weighted by Gasteiger charge is -2.16. The van der Waals surface area contributed by atoms with Gasteiger partial charge in [-0.25, -0.2) is 0 Å². The molecule has 0 amide bonds. The highest BCUT2D eigenvalue weighted by Crippen LogP contribution is 2.17. The highest BCUT2D eigenvalue weighted by atomic mass is 16.5. The molecule has 0 aromatic heterocycles. The largest absolute Gasteiger partial charge is 0.469 e. The number of hydrogen-bond acceptors (Lipinski definition) is 3. The Morgan fingerprint density at radius 2 is 2.12 bits per heavy atom. The van der Waals surface area contributed by atoms with Crippen molar-refractivity contribution in [3.05, 3.63) is 29.8 Å². The Hall–Kier alpha value is -1.51. The van der Waals surface area contributed by atoms with E-state index in [1.165, 1.54) is 12.7 Å². The van der Waals surface area contributed by atoms with Crippen LogP contribution >= 0.6 is 0 Å². The molecule has 1 unspecified atom stereocenters. The first kappa shape index (κ1) is 12.6. The van der Waals surface area contributed by atoms with E-state index in [-0.39, 0.29) is 12.0 Å². The number of anilines is 1. The number of hydrogen-bond donors (Lipinski definition) is 1. The average molecular weight is 221 g/mol. The molecule has 0 radical (unpaired) electrons. The molecule has 88 valence electrons. The van der Waals surface area contributed by atoms with Crippen LogP contribution in [0.2, 0.25) is 0 Å². The van der Waals surface area contributed by atoms with Gasteiger partial charge in [-0.05, 0) is 25.0 Å². The van der Waals surface area contributed by atoms with E-state index in [4.69, 9.17) is 0 Å². The molecule has 16 heavy (non-hydrogen) atoms. The Morgan fingerprint density at radius 3 is 2.75 bits per heavy atom. The van der Waals surface area contributed by atoms with Crippen LogP contribution in [0.25, 0.3) is 0 Å². The van der Waals surface area contributed by atoms with Crippen LogP contribution in [0.15, 0.2) is 24.3 Å². The number of aryl methyl sites for hydroxylation is 1. The van der Waals surface area contributed by atoms with E-state index < -0.39 is 0 Å². The topological polar surface area (TPSA) is 38.3 Å². The summed E-state index contributed by atoms with van der Waals surface area (Å²) in [5, 5.41) is 3.33. The van der Waals surface area contributed by atoms with Gasteiger partial charge in [0.05, 0.1) is 13.5 Å². The summed E-state index contributed by atoms with van der Waals surface area (Å²) in [5.74, 6) is -0.186. The smallest absolute Gasteiger partial charge is 0.307 e. The molecule has 0 heterocycles. The first-order valence-corrected chi connectivity index (χ1v) is 5.58. The van der Waals surface area contributed by atoms with Crippen molar-refractivity contribution in [3.63, 3.8) is 0 Å². The summed E-state index contributed by atoms with van der Waals surface area (Å²) < 4.78 is 4.64. The van der Waals surface area contributed by atoms with E-state index in [9.17, 15) is 4.79 Å². The summed E-state index contributed by atoms with van der Waals surface area (Å²) in [6.45, 7) is 4.09. The maximum Gasteiger partial charge on any atom is 0.307 e. The molecular weight excluding hydrogens is 202 g/mol. The lowest BCUT2D eigenvalue weighted by Crippen LogP contribution is -2.20. The van der Waals surface area contributed by atoms with Crippen molar-refractivity contribution in [3.8, 4) is 0 Å². The molecule has 1 atom stereocenters. The molecule has 1 aromatic carbocycles. The van der Waals surface area contributed by atoms with Crippen LogP contribution in [0.1, 0.15) is 25.8 Å². The van der Waals surface area contributed by atoms with Crippen molar-refractivity contribution in [2.45, 2.75) is 32.7 Å². The Bertz CT molecular complexity index is 350. The van der Waals surface area contributed by atoms with Crippen molar-refractivity contribution in [1.29, 1.82) is 0 Å². The van der Waals surface area contributed by atoms with Crippen molar-refractivity contribution in [1.82, 2.24) is 0 Å². The zero-order valence-corrected chi connectivity index (χ0v) is 10.1. The van der Waals surface area contributed by atoms with Crippen molar-refractivity contribution in [2.75, 3.05) is 12.4 Å². The fourth-order valence-corrected chi connectivity index (χ4v) is 1.62. The third-order valence-corrected chi connectivity index (χ3v) is 2.50. The van der Waals surface area contributed by atoms with Gasteiger partial charge in [0, 0.05) is 11.7 Å². The molecule has 0 aliphatic rings. The van der Waals surface area contributed by atoms with Crippen LogP contribution in [0.3, 0.4) is 0 Å². The van der Waals surface area contributed by atoms with Gasteiger partial charge >= 0.3 is 5.97 Å². The number of para-hydroxylation sites is 1. The third-order valence-electron chi connectivity index (χ3n) is 2.50. The first-order valence-electron chi connectivity index (χ1n) is 5.58. The predicted molar refractivity (Wildman–Crippen MR) is 65.5 cm³/mol. The molecule has 0 spiro atoms. The second-order valence-electron chi connectivity index (χ2n) is 3.84. The maximum atomic E-state index is 11.1. The molecule has 0 bridgehead atoms. The summed E-state index contributed by atoms with van der Waals surface area (Å²) >= 11 is 0. The van der Waals surface area contributed by atoms with Gasteiger partial charge in [0.1, 0.15) is 0 Å². The number of ether oxygens (including phenoxy) is 1. The minimum atomic E-state index is -0.186. The average Bonchev–Trinajstić information content (AvgIpc) is 2.29. The first-order chi connectivity index (χ1) is 7.67. The molecule has 1 N–H and O–H groups in total. The fourth-order valence-electron chi connectivity index (χ4n) is 1.62. The van der Waals surface area contributed by atoms with Crippen LogP contribution in [0.4, 0.5) is 5.69 Å². The molecule has 3 nitrogen and oxygen atoms in total. The van der Waals surface area contributed by atoms with Crippen molar-refractivity contribution < 1.29 is 9.53 Å². The third kappa shape index (κ3) is 3.57. The van der Waals surface area contributed by atoms with Crippen molar-refractivity contribution >= 4 is 11.7 Å². The number of nitrogens with one attached hydrogen (secondary N) is 1. The lowest BCUT2D eigenvalue weighted by molar-refractivity contribution is -0.140. The van der Waals surface area contributed by atoms with Gasteiger partial charge in [0.15, 0.2) is 0 Å². The SMILES string of the molecule is CCc1ccccc1NC(C)CC(=O)OC. The van der Waals surface area contributed by atoms with Gasteiger partial charge < -0.3 is 10.1 Å². The molecule has 1 aromatic rings. The summed E-state index contributed by atoms with van der Waals surface area (Å²) in [7, 11) is 1.41. The van der Waals surface area contributed by atoms with E-state index >= 15 is 0 Å². The number of carbonyl (C=O) groups excluding carboxylic acids is 1. The van der Waals surface area contributed by atoms with Gasteiger partial charge in [-0.3, -0.25) is 4.79 Å². The number of rotatable bonds is 5. The Morgan fingerprint density at radius 1 is 1.44 bits per heavy atom. The number of esters is 1. The minimum Gasteiger partial charge on any atom is -0.469 e. The predicted octanol–water partition coefficient (Wildman–Crippen LogP) is 2.61. The van der Waals surface area contributed by atoms with E-state index in [0.717, 1.165) is 12.1 Å². The van der Waals surface area contributed by atoms with Crippen molar-refractivity contribution in [2.24, 2.45) is 0 Å². The normalized spacial score (nSPS) is 11.9. The van der Waals surface area contributed by atoms with E-state index in [0.29, 0.717) is 6.42 Å². The van der Waals surface area contributed by atoms with Crippen LogP contribution in [0, 0.1) is 0 Å².